The van der Waals surface area contributed by atoms with E-state index in [-0.39, 0.29) is 35.7 Å². The molecule has 0 bridgehead atoms. The molecule has 1 aromatic heterocycles. The van der Waals surface area contributed by atoms with E-state index >= 15 is 0 Å². The summed E-state index contributed by atoms with van der Waals surface area (Å²) < 4.78 is 43.7. The van der Waals surface area contributed by atoms with Crippen LogP contribution in [0.5, 0.6) is 6.01 Å². The van der Waals surface area contributed by atoms with Crippen LogP contribution in [0.15, 0.2) is 35.4 Å². The van der Waals surface area contributed by atoms with Crippen LogP contribution in [0.3, 0.4) is 0 Å². The van der Waals surface area contributed by atoms with Gasteiger partial charge < -0.3 is 23.7 Å². The Balaban J connectivity index is 1.37. The maximum atomic E-state index is 13.1. The molecule has 0 saturated carbocycles. The van der Waals surface area contributed by atoms with E-state index in [2.05, 4.69) is 48.7 Å². The third-order valence-corrected chi connectivity index (χ3v) is 14.3. The lowest BCUT2D eigenvalue weighted by molar-refractivity contribution is 0.0496. The van der Waals surface area contributed by atoms with Gasteiger partial charge in [-0.2, -0.15) is 4.98 Å². The van der Waals surface area contributed by atoms with Gasteiger partial charge in [0, 0.05) is 51.0 Å². The number of carbonyl (C=O) groups excluding carboxylic acids is 1. The van der Waals surface area contributed by atoms with Crippen LogP contribution in [0.2, 0.25) is 18.1 Å². The number of amides is 1. The molecule has 0 N–H and O–H groups in total. The first-order valence-corrected chi connectivity index (χ1v) is 18.9. The largest absolute Gasteiger partial charge is 0.460 e. The maximum Gasteiger partial charge on any atom is 0.410 e. The molecular weight excluding hydrogens is 560 g/mol. The van der Waals surface area contributed by atoms with Crippen molar-refractivity contribution in [2.24, 2.45) is 0 Å². The van der Waals surface area contributed by atoms with Gasteiger partial charge in [-0.15, -0.1) is 0 Å². The van der Waals surface area contributed by atoms with Crippen molar-refractivity contribution >= 4 is 35.8 Å². The second-order valence-corrected chi connectivity index (χ2v) is 19.5. The van der Waals surface area contributed by atoms with E-state index in [0.29, 0.717) is 55.6 Å². The molecule has 0 aliphatic carbocycles. The fourth-order valence-corrected chi connectivity index (χ4v) is 7.00. The van der Waals surface area contributed by atoms with Gasteiger partial charge in [0.25, 0.3) is 0 Å². The van der Waals surface area contributed by atoms with Crippen LogP contribution in [0.4, 0.5) is 16.3 Å². The number of sulfone groups is 1. The molecule has 3 heterocycles. The van der Waals surface area contributed by atoms with Gasteiger partial charge in [-0.3, -0.25) is 0 Å². The molecule has 10 nitrogen and oxygen atoms in total. The number of likely N-dealkylation sites (tertiary alicyclic amines) is 1. The third kappa shape index (κ3) is 7.58. The number of piperidine rings is 1. The van der Waals surface area contributed by atoms with E-state index in [1.165, 1.54) is 0 Å². The molecule has 1 amide bonds. The third-order valence-electron chi connectivity index (χ3n) is 8.13. The number of anilines is 2. The highest BCUT2D eigenvalue weighted by Crippen LogP contribution is 2.37. The van der Waals surface area contributed by atoms with E-state index in [4.69, 9.17) is 13.9 Å². The van der Waals surface area contributed by atoms with Crippen LogP contribution in [0.1, 0.15) is 53.0 Å². The number of nitrogens with zero attached hydrogens (tertiary/aromatic N) is 4. The summed E-state index contributed by atoms with van der Waals surface area (Å²) in [6.45, 7) is 16.4. The molecule has 1 fully saturated rings. The van der Waals surface area contributed by atoms with Crippen molar-refractivity contribution < 1.29 is 27.1 Å². The lowest BCUT2D eigenvalue weighted by Gasteiger charge is -2.36. The molecule has 0 unspecified atom stereocenters. The van der Waals surface area contributed by atoms with Crippen molar-refractivity contribution in [1.29, 1.82) is 0 Å². The predicted octanol–water partition coefficient (Wildman–Crippen LogP) is 5.35. The van der Waals surface area contributed by atoms with Crippen LogP contribution < -0.4 is 9.64 Å². The fourth-order valence-electron chi connectivity index (χ4n) is 4.67. The second-order valence-electron chi connectivity index (χ2n) is 12.6. The number of aromatic nitrogens is 2. The van der Waals surface area contributed by atoms with Crippen molar-refractivity contribution in [2.45, 2.75) is 89.1 Å². The van der Waals surface area contributed by atoms with E-state index in [9.17, 15) is 13.2 Å². The second kappa shape index (κ2) is 12.3. The number of hydrogen-bond donors (Lipinski definition) is 0. The molecule has 226 valence electrons. The molecule has 12 heteroatoms. The summed E-state index contributed by atoms with van der Waals surface area (Å²) in [6, 6.07) is 7.44. The summed E-state index contributed by atoms with van der Waals surface area (Å²) in [7, 11) is -5.49. The topological polar surface area (TPSA) is 111 Å². The number of ether oxygens (including phenoxy) is 2. The SMILES string of the molecule is CC(C)OC(=O)N1CCC(Oc2nccc(N3CCc4cc(S(=O)(=O)CCO[Si](C)(C)C(C)(C)C)ccc43)n2)CC1. The maximum absolute atomic E-state index is 13.1. The Bertz CT molecular complexity index is 1340. The lowest BCUT2D eigenvalue weighted by Crippen LogP contribution is -2.42. The monoisotopic (exact) mass is 604 g/mol. The summed E-state index contributed by atoms with van der Waals surface area (Å²) in [5.41, 5.74) is 1.90. The van der Waals surface area contributed by atoms with Gasteiger partial charge in [0.2, 0.25) is 0 Å². The molecule has 2 aliphatic rings. The van der Waals surface area contributed by atoms with E-state index in [0.717, 1.165) is 11.3 Å². The zero-order valence-electron chi connectivity index (χ0n) is 25.3. The van der Waals surface area contributed by atoms with Gasteiger partial charge in [0.15, 0.2) is 18.2 Å². The number of rotatable bonds is 9. The Morgan fingerprint density at radius 1 is 1.12 bits per heavy atom. The summed E-state index contributed by atoms with van der Waals surface area (Å²) >= 11 is 0. The highest BCUT2D eigenvalue weighted by molar-refractivity contribution is 7.91. The Morgan fingerprint density at radius 3 is 2.49 bits per heavy atom. The molecule has 1 saturated heterocycles. The van der Waals surface area contributed by atoms with Gasteiger partial charge in [0.1, 0.15) is 11.9 Å². The fraction of sp³-hybridized carbons (Fsp3) is 0.621. The predicted molar refractivity (Wildman–Crippen MR) is 161 cm³/mol. The molecular formula is C29H44N4O6SSi. The highest BCUT2D eigenvalue weighted by Gasteiger charge is 2.37. The van der Waals surface area contributed by atoms with Gasteiger partial charge in [-0.05, 0) is 68.2 Å². The first-order valence-electron chi connectivity index (χ1n) is 14.4. The molecule has 0 radical (unpaired) electrons. The molecule has 0 atom stereocenters. The highest BCUT2D eigenvalue weighted by atomic mass is 32.2. The average molecular weight is 605 g/mol. The lowest BCUT2D eigenvalue weighted by atomic mass is 10.1. The smallest absolute Gasteiger partial charge is 0.410 e. The van der Waals surface area contributed by atoms with Crippen molar-refractivity contribution in [3.63, 3.8) is 0 Å². The molecule has 41 heavy (non-hydrogen) atoms. The van der Waals surface area contributed by atoms with E-state index in [1.54, 1.807) is 23.2 Å². The molecule has 0 spiro atoms. The van der Waals surface area contributed by atoms with Crippen LogP contribution in [0, 0.1) is 0 Å². The summed E-state index contributed by atoms with van der Waals surface area (Å²) in [4.78, 5) is 25.2. The van der Waals surface area contributed by atoms with Gasteiger partial charge in [0.05, 0.1) is 16.8 Å². The van der Waals surface area contributed by atoms with Crippen LogP contribution in [-0.4, -0.2) is 81.9 Å². The molecule has 2 aromatic rings. The summed E-state index contributed by atoms with van der Waals surface area (Å²) in [5.74, 6) is 0.664. The Labute approximate surface area is 245 Å². The normalized spacial score (nSPS) is 16.7. The number of carbonyl (C=O) groups is 1. The Hall–Kier alpha value is -2.70. The van der Waals surface area contributed by atoms with Gasteiger partial charge >= 0.3 is 12.1 Å². The van der Waals surface area contributed by atoms with Crippen molar-refractivity contribution in [3.8, 4) is 6.01 Å². The quantitative estimate of drug-likeness (QED) is 0.350. The van der Waals surface area contributed by atoms with Gasteiger partial charge in [-0.25, -0.2) is 18.2 Å². The van der Waals surface area contributed by atoms with E-state index < -0.39 is 18.2 Å². The minimum atomic E-state index is -3.47. The summed E-state index contributed by atoms with van der Waals surface area (Å²) in [5, 5.41) is 0.0281. The van der Waals surface area contributed by atoms with Crippen LogP contribution >= 0.6 is 0 Å². The number of benzene rings is 1. The molecule has 4 rings (SSSR count). The Kier molecular flexibility index (Phi) is 9.34. The minimum absolute atomic E-state index is 0.0281. The average Bonchev–Trinajstić information content (AvgIpc) is 3.31. The number of fused-ring (bicyclic) bond motifs is 1. The zero-order chi connectivity index (χ0) is 30.0. The minimum Gasteiger partial charge on any atom is -0.460 e. The standard InChI is InChI=1S/C29H44N4O6SSi/c1-21(2)38-28(34)32-15-12-23(13-16-32)39-27-30-14-10-26(31-27)33-17-11-22-20-24(8-9-25(22)33)40(35,36)19-18-37-41(6,7)29(3,4)5/h8-10,14,20-21,23H,11-13,15-19H2,1-7H3. The van der Waals surface area contributed by atoms with Crippen molar-refractivity contribution in [3.05, 3.63) is 36.0 Å². The van der Waals surface area contributed by atoms with Crippen molar-refractivity contribution in [1.82, 2.24) is 14.9 Å². The van der Waals surface area contributed by atoms with Crippen molar-refractivity contribution in [2.75, 3.05) is 36.9 Å². The molecule has 2 aliphatic heterocycles. The Morgan fingerprint density at radius 2 is 1.83 bits per heavy atom. The van der Waals surface area contributed by atoms with Gasteiger partial charge in [-0.1, -0.05) is 20.8 Å². The first-order chi connectivity index (χ1) is 19.2. The zero-order valence-corrected chi connectivity index (χ0v) is 27.2. The van der Waals surface area contributed by atoms with Crippen LogP contribution in [-0.2, 0) is 25.4 Å². The van der Waals surface area contributed by atoms with Crippen LogP contribution in [0.25, 0.3) is 0 Å². The van der Waals surface area contributed by atoms with E-state index in [1.807, 2.05) is 26.0 Å². The molecule has 1 aromatic carbocycles. The number of hydrogen-bond acceptors (Lipinski definition) is 9. The first kappa shape index (κ1) is 31.2. The summed E-state index contributed by atoms with van der Waals surface area (Å²) in [6.07, 6.45) is 3.20.